The number of halogens is 1. The lowest BCUT2D eigenvalue weighted by atomic mass is 10.1. The molecule has 2 heterocycles. The Morgan fingerprint density at radius 3 is 2.50 bits per heavy atom. The highest BCUT2D eigenvalue weighted by molar-refractivity contribution is 7.89. The van der Waals surface area contributed by atoms with Crippen molar-refractivity contribution in [2.24, 2.45) is 5.14 Å². The van der Waals surface area contributed by atoms with Gasteiger partial charge in [-0.3, -0.25) is 4.68 Å². The first kappa shape index (κ1) is 16.6. The van der Waals surface area contributed by atoms with Crippen LogP contribution in [0.1, 0.15) is 5.56 Å². The molecule has 0 aliphatic heterocycles. The minimum atomic E-state index is -3.66. The van der Waals surface area contributed by atoms with Crippen LogP contribution in [0.5, 0.6) is 0 Å². The van der Waals surface area contributed by atoms with E-state index in [1.807, 2.05) is 12.3 Å². The van der Waals surface area contributed by atoms with E-state index < -0.39 is 10.0 Å². The van der Waals surface area contributed by atoms with Crippen molar-refractivity contribution < 1.29 is 8.42 Å². The van der Waals surface area contributed by atoms with E-state index in [9.17, 15) is 8.42 Å². The first-order valence-corrected chi connectivity index (χ1v) is 8.98. The lowest BCUT2D eigenvalue weighted by Crippen LogP contribution is -2.12. The van der Waals surface area contributed by atoms with Gasteiger partial charge in [0.25, 0.3) is 0 Å². The third-order valence-electron chi connectivity index (χ3n) is 3.44. The molecule has 1 aromatic carbocycles. The first-order valence-electron chi connectivity index (χ1n) is 7.05. The standard InChI is InChI=1S/C15H14ClN5O2S/c16-15-6-3-12(9-18-15)14-10-21(20-19-14)8-7-11-1-4-13(5-2-11)24(17,22)23/h1-6,9-10H,7-8H2,(H2,17,22,23). The van der Waals surface area contributed by atoms with E-state index in [0.717, 1.165) is 11.1 Å². The van der Waals surface area contributed by atoms with Gasteiger partial charge in [0, 0.05) is 18.3 Å². The summed E-state index contributed by atoms with van der Waals surface area (Å²) < 4.78 is 24.2. The van der Waals surface area contributed by atoms with Gasteiger partial charge in [0.05, 0.1) is 11.1 Å². The molecule has 0 aliphatic rings. The van der Waals surface area contributed by atoms with E-state index >= 15 is 0 Å². The molecule has 0 spiro atoms. The maximum Gasteiger partial charge on any atom is 0.238 e. The molecule has 0 atom stereocenters. The van der Waals surface area contributed by atoms with Gasteiger partial charge in [-0.25, -0.2) is 18.5 Å². The first-order chi connectivity index (χ1) is 11.4. The number of sulfonamides is 1. The van der Waals surface area contributed by atoms with Crippen molar-refractivity contribution >= 4 is 21.6 Å². The highest BCUT2D eigenvalue weighted by Gasteiger charge is 2.08. The Morgan fingerprint density at radius 2 is 1.88 bits per heavy atom. The number of benzene rings is 1. The van der Waals surface area contributed by atoms with Gasteiger partial charge in [0.1, 0.15) is 10.8 Å². The number of nitrogens with two attached hydrogens (primary N) is 1. The van der Waals surface area contributed by atoms with E-state index in [1.54, 1.807) is 29.1 Å². The number of aryl methyl sites for hydroxylation is 2. The van der Waals surface area contributed by atoms with E-state index in [4.69, 9.17) is 16.7 Å². The van der Waals surface area contributed by atoms with Crippen molar-refractivity contribution in [3.05, 3.63) is 59.5 Å². The van der Waals surface area contributed by atoms with Gasteiger partial charge < -0.3 is 0 Å². The van der Waals surface area contributed by atoms with Gasteiger partial charge in [-0.1, -0.05) is 28.9 Å². The molecule has 3 rings (SSSR count). The van der Waals surface area contributed by atoms with Crippen LogP contribution in [0.4, 0.5) is 0 Å². The van der Waals surface area contributed by atoms with Crippen molar-refractivity contribution in [1.29, 1.82) is 0 Å². The van der Waals surface area contributed by atoms with Crippen molar-refractivity contribution in [2.45, 2.75) is 17.9 Å². The quantitative estimate of drug-likeness (QED) is 0.697. The SMILES string of the molecule is NS(=O)(=O)c1ccc(CCn2cc(-c3ccc(Cl)nc3)nn2)cc1. The van der Waals surface area contributed by atoms with E-state index in [2.05, 4.69) is 15.3 Å². The zero-order valence-electron chi connectivity index (χ0n) is 12.5. The lowest BCUT2D eigenvalue weighted by molar-refractivity contribution is 0.588. The van der Waals surface area contributed by atoms with Gasteiger partial charge >= 0.3 is 0 Å². The number of pyridine rings is 1. The van der Waals surface area contributed by atoms with Crippen molar-refractivity contribution in [1.82, 2.24) is 20.0 Å². The molecule has 2 aromatic heterocycles. The van der Waals surface area contributed by atoms with E-state index in [0.29, 0.717) is 23.8 Å². The van der Waals surface area contributed by atoms with Crippen LogP contribution in [0.15, 0.2) is 53.7 Å². The van der Waals surface area contributed by atoms with Crippen LogP contribution in [0, 0.1) is 0 Å². The second kappa shape index (κ2) is 6.68. The van der Waals surface area contributed by atoms with Crippen LogP contribution in [0.25, 0.3) is 11.3 Å². The summed E-state index contributed by atoms with van der Waals surface area (Å²) in [6.07, 6.45) is 4.15. The average molecular weight is 364 g/mol. The highest BCUT2D eigenvalue weighted by Crippen LogP contribution is 2.17. The minimum Gasteiger partial charge on any atom is -0.252 e. The number of hydrogen-bond donors (Lipinski definition) is 1. The van der Waals surface area contributed by atoms with Crippen LogP contribution < -0.4 is 5.14 Å². The molecule has 3 aromatic rings. The lowest BCUT2D eigenvalue weighted by Gasteiger charge is -2.03. The molecule has 0 fully saturated rings. The van der Waals surface area contributed by atoms with Gasteiger partial charge in [-0.05, 0) is 36.2 Å². The Balaban J connectivity index is 1.66. The highest BCUT2D eigenvalue weighted by atomic mass is 35.5. The summed E-state index contributed by atoms with van der Waals surface area (Å²) >= 11 is 5.76. The molecule has 0 aliphatic carbocycles. The number of aromatic nitrogens is 4. The van der Waals surface area contributed by atoms with Crippen molar-refractivity contribution in [3.63, 3.8) is 0 Å². The second-order valence-corrected chi connectivity index (χ2v) is 7.12. The number of hydrogen-bond acceptors (Lipinski definition) is 5. The van der Waals surface area contributed by atoms with Crippen LogP contribution >= 0.6 is 11.6 Å². The van der Waals surface area contributed by atoms with Crippen LogP contribution in [0.3, 0.4) is 0 Å². The molecule has 9 heteroatoms. The third-order valence-corrected chi connectivity index (χ3v) is 4.60. The molecule has 2 N–H and O–H groups in total. The van der Waals surface area contributed by atoms with Crippen molar-refractivity contribution in [3.8, 4) is 11.3 Å². The normalized spacial score (nSPS) is 11.6. The fraction of sp³-hybridized carbons (Fsp3) is 0.133. The molecule has 0 saturated heterocycles. The predicted molar refractivity (Wildman–Crippen MR) is 89.8 cm³/mol. The topological polar surface area (TPSA) is 104 Å². The minimum absolute atomic E-state index is 0.101. The zero-order valence-corrected chi connectivity index (χ0v) is 14.1. The van der Waals surface area contributed by atoms with Crippen LogP contribution in [0.2, 0.25) is 5.15 Å². The summed E-state index contributed by atoms with van der Waals surface area (Å²) in [4.78, 5) is 4.12. The number of primary sulfonamides is 1. The molecule has 0 radical (unpaired) electrons. The molecule has 0 saturated carbocycles. The van der Waals surface area contributed by atoms with Gasteiger partial charge in [0.15, 0.2) is 0 Å². The Morgan fingerprint density at radius 1 is 1.12 bits per heavy atom. The Hall–Kier alpha value is -2.29. The molecular formula is C15H14ClN5O2S. The molecule has 0 unspecified atom stereocenters. The molecular weight excluding hydrogens is 350 g/mol. The number of nitrogens with zero attached hydrogens (tertiary/aromatic N) is 4. The summed E-state index contributed by atoms with van der Waals surface area (Å²) in [5, 5.41) is 13.7. The second-order valence-electron chi connectivity index (χ2n) is 5.18. The summed E-state index contributed by atoms with van der Waals surface area (Å²) in [6, 6.07) is 9.99. The van der Waals surface area contributed by atoms with E-state index in [1.165, 1.54) is 12.1 Å². The molecule has 124 valence electrons. The Bertz CT molecular complexity index is 937. The fourth-order valence-corrected chi connectivity index (χ4v) is 2.78. The largest absolute Gasteiger partial charge is 0.252 e. The van der Waals surface area contributed by atoms with Gasteiger partial charge in [-0.2, -0.15) is 0 Å². The molecule has 0 amide bonds. The molecule has 7 nitrogen and oxygen atoms in total. The fourth-order valence-electron chi connectivity index (χ4n) is 2.16. The zero-order chi connectivity index (χ0) is 17.2. The summed E-state index contributed by atoms with van der Waals surface area (Å²) in [5.41, 5.74) is 2.53. The summed E-state index contributed by atoms with van der Waals surface area (Å²) in [5.74, 6) is 0. The third kappa shape index (κ3) is 3.97. The Kier molecular flexibility index (Phi) is 4.61. The maximum atomic E-state index is 11.2. The van der Waals surface area contributed by atoms with E-state index in [-0.39, 0.29) is 4.90 Å². The molecule has 24 heavy (non-hydrogen) atoms. The smallest absolute Gasteiger partial charge is 0.238 e. The van der Waals surface area contributed by atoms with Crippen LogP contribution in [-0.2, 0) is 23.0 Å². The summed E-state index contributed by atoms with van der Waals surface area (Å²) in [7, 11) is -3.66. The number of rotatable bonds is 5. The maximum absolute atomic E-state index is 11.2. The van der Waals surface area contributed by atoms with Crippen molar-refractivity contribution in [2.75, 3.05) is 0 Å². The van der Waals surface area contributed by atoms with Crippen LogP contribution in [-0.4, -0.2) is 28.4 Å². The van der Waals surface area contributed by atoms with Gasteiger partial charge in [0.2, 0.25) is 10.0 Å². The molecule has 0 bridgehead atoms. The van der Waals surface area contributed by atoms with Gasteiger partial charge in [-0.15, -0.1) is 5.10 Å². The predicted octanol–water partition coefficient (Wildman–Crippen LogP) is 1.88. The summed E-state index contributed by atoms with van der Waals surface area (Å²) in [6.45, 7) is 0.614. The average Bonchev–Trinajstić information content (AvgIpc) is 3.02. The Labute approximate surface area is 144 Å². The monoisotopic (exact) mass is 363 g/mol.